The van der Waals surface area contributed by atoms with Crippen LogP contribution in [0.5, 0.6) is 0 Å². The molecule has 1 aromatic carbocycles. The summed E-state index contributed by atoms with van der Waals surface area (Å²) in [5, 5.41) is 21.2. The number of benzene rings is 1. The van der Waals surface area contributed by atoms with Crippen molar-refractivity contribution < 1.29 is 10.2 Å². The second-order valence-electron chi connectivity index (χ2n) is 5.71. The van der Waals surface area contributed by atoms with E-state index < -0.39 is 6.10 Å². The van der Waals surface area contributed by atoms with E-state index in [1.807, 2.05) is 24.5 Å². The zero-order chi connectivity index (χ0) is 14.0. The Hall–Kier alpha value is -1.59. The fraction of sp³-hybridized carbons (Fsp3) is 0.500. The molecule has 2 aromatic rings. The van der Waals surface area contributed by atoms with Crippen LogP contribution in [0.2, 0.25) is 0 Å². The predicted octanol–water partition coefficient (Wildman–Crippen LogP) is 1.56. The highest BCUT2D eigenvalue weighted by atomic mass is 16.3. The van der Waals surface area contributed by atoms with E-state index in [1.54, 1.807) is 0 Å². The van der Waals surface area contributed by atoms with Crippen LogP contribution in [0.4, 0.5) is 5.69 Å². The molecule has 5 heteroatoms. The lowest BCUT2D eigenvalue weighted by molar-refractivity contribution is 0.105. The fourth-order valence-electron chi connectivity index (χ4n) is 1.96. The summed E-state index contributed by atoms with van der Waals surface area (Å²) in [6.07, 6.45) is 1.10. The first-order valence-electron chi connectivity index (χ1n) is 6.42. The van der Waals surface area contributed by atoms with Gasteiger partial charge >= 0.3 is 0 Å². The van der Waals surface area contributed by atoms with Crippen LogP contribution < -0.4 is 5.32 Å². The van der Waals surface area contributed by atoms with Gasteiger partial charge < -0.3 is 20.1 Å². The van der Waals surface area contributed by atoms with Gasteiger partial charge in [0.25, 0.3) is 0 Å². The second-order valence-corrected chi connectivity index (χ2v) is 5.71. The molecule has 0 saturated carbocycles. The molecule has 104 valence electrons. The monoisotopic (exact) mass is 263 g/mol. The maximum atomic E-state index is 9.31. The van der Waals surface area contributed by atoms with Gasteiger partial charge in [0, 0.05) is 17.8 Å². The first-order valence-corrected chi connectivity index (χ1v) is 6.42. The minimum atomic E-state index is -0.747. The van der Waals surface area contributed by atoms with E-state index in [9.17, 15) is 5.11 Å². The summed E-state index contributed by atoms with van der Waals surface area (Å²) in [5.74, 6) is 0. The minimum Gasteiger partial charge on any atom is -0.394 e. The fourth-order valence-corrected chi connectivity index (χ4v) is 1.96. The van der Waals surface area contributed by atoms with Crippen LogP contribution in [0.25, 0.3) is 11.0 Å². The molecular weight excluding hydrogens is 242 g/mol. The number of rotatable bonds is 4. The Morgan fingerprint density at radius 2 is 2.11 bits per heavy atom. The third kappa shape index (κ3) is 3.05. The van der Waals surface area contributed by atoms with E-state index in [-0.39, 0.29) is 12.1 Å². The Morgan fingerprint density at radius 3 is 2.74 bits per heavy atom. The molecule has 1 heterocycles. The van der Waals surface area contributed by atoms with Crippen LogP contribution in [0, 0.1) is 0 Å². The third-order valence-corrected chi connectivity index (χ3v) is 3.02. The number of aliphatic hydroxyl groups is 2. The summed E-state index contributed by atoms with van der Waals surface area (Å²) < 4.78 is 2.13. The Balaban J connectivity index is 2.23. The van der Waals surface area contributed by atoms with Gasteiger partial charge in [-0.1, -0.05) is 0 Å². The predicted molar refractivity (Wildman–Crippen MR) is 76.3 cm³/mol. The van der Waals surface area contributed by atoms with Crippen molar-refractivity contribution in [3.63, 3.8) is 0 Å². The highest BCUT2D eigenvalue weighted by Crippen LogP contribution is 2.24. The first kappa shape index (κ1) is 13.8. The van der Waals surface area contributed by atoms with E-state index in [0.717, 1.165) is 16.7 Å². The van der Waals surface area contributed by atoms with Crippen molar-refractivity contribution in [2.24, 2.45) is 0 Å². The number of nitrogens with one attached hydrogen (secondary N) is 1. The molecule has 1 atom stereocenters. The maximum Gasteiger partial charge on any atom is 0.0963 e. The van der Waals surface area contributed by atoms with E-state index in [2.05, 4.69) is 35.6 Å². The van der Waals surface area contributed by atoms with Crippen molar-refractivity contribution in [1.82, 2.24) is 9.55 Å². The quantitative estimate of drug-likeness (QED) is 0.783. The molecule has 0 bridgehead atoms. The normalized spacial score (nSPS) is 13.7. The SMILES string of the molecule is CC(C)(C)n1cnc2cc(NCC(O)CO)ccc21. The van der Waals surface area contributed by atoms with E-state index in [1.165, 1.54) is 0 Å². The van der Waals surface area contributed by atoms with Crippen molar-refractivity contribution in [2.45, 2.75) is 32.4 Å². The van der Waals surface area contributed by atoms with Crippen molar-refractivity contribution in [3.05, 3.63) is 24.5 Å². The summed E-state index contributed by atoms with van der Waals surface area (Å²) in [7, 11) is 0. The summed E-state index contributed by atoms with van der Waals surface area (Å²) in [4.78, 5) is 4.40. The van der Waals surface area contributed by atoms with Gasteiger partial charge in [0.05, 0.1) is 30.1 Å². The van der Waals surface area contributed by atoms with Crippen molar-refractivity contribution in [2.75, 3.05) is 18.5 Å². The highest BCUT2D eigenvalue weighted by molar-refractivity contribution is 5.79. The summed E-state index contributed by atoms with van der Waals surface area (Å²) in [5.41, 5.74) is 2.88. The van der Waals surface area contributed by atoms with E-state index in [4.69, 9.17) is 5.11 Å². The Kier molecular flexibility index (Phi) is 3.78. The average Bonchev–Trinajstić information content (AvgIpc) is 2.78. The summed E-state index contributed by atoms with van der Waals surface area (Å²) in [6, 6.07) is 5.92. The molecule has 1 aromatic heterocycles. The zero-order valence-corrected chi connectivity index (χ0v) is 11.6. The van der Waals surface area contributed by atoms with Gasteiger partial charge in [-0.2, -0.15) is 0 Å². The van der Waals surface area contributed by atoms with Crippen LogP contribution in [-0.2, 0) is 5.54 Å². The lowest BCUT2D eigenvalue weighted by atomic mass is 10.1. The number of fused-ring (bicyclic) bond motifs is 1. The van der Waals surface area contributed by atoms with Gasteiger partial charge in [-0.3, -0.25) is 0 Å². The second kappa shape index (κ2) is 5.19. The van der Waals surface area contributed by atoms with Gasteiger partial charge in [0.1, 0.15) is 0 Å². The third-order valence-electron chi connectivity index (χ3n) is 3.02. The molecule has 0 aliphatic carbocycles. The number of aliphatic hydroxyl groups excluding tert-OH is 2. The van der Waals surface area contributed by atoms with Crippen LogP contribution in [-0.4, -0.2) is 39.0 Å². The number of imidazole rings is 1. The molecule has 0 spiro atoms. The minimum absolute atomic E-state index is 0.00320. The molecule has 19 heavy (non-hydrogen) atoms. The zero-order valence-electron chi connectivity index (χ0n) is 11.6. The smallest absolute Gasteiger partial charge is 0.0963 e. The average molecular weight is 263 g/mol. The molecular formula is C14H21N3O2. The van der Waals surface area contributed by atoms with Crippen molar-refractivity contribution >= 4 is 16.7 Å². The van der Waals surface area contributed by atoms with E-state index in [0.29, 0.717) is 6.54 Å². The number of anilines is 1. The molecule has 0 fully saturated rings. The number of hydrogen-bond acceptors (Lipinski definition) is 4. The van der Waals surface area contributed by atoms with Crippen molar-refractivity contribution in [3.8, 4) is 0 Å². The van der Waals surface area contributed by atoms with E-state index >= 15 is 0 Å². The Bertz CT molecular complexity index is 557. The van der Waals surface area contributed by atoms with Crippen molar-refractivity contribution in [1.29, 1.82) is 0 Å². The maximum absolute atomic E-state index is 9.31. The number of hydrogen-bond donors (Lipinski definition) is 3. The largest absolute Gasteiger partial charge is 0.394 e. The molecule has 1 unspecified atom stereocenters. The standard InChI is InChI=1S/C14H21N3O2/c1-14(2,3)17-9-16-12-6-10(4-5-13(12)17)15-7-11(19)8-18/h4-6,9,11,15,18-19H,7-8H2,1-3H3. The Morgan fingerprint density at radius 1 is 1.37 bits per heavy atom. The summed E-state index contributed by atoms with van der Waals surface area (Å²) in [6.45, 7) is 6.49. The van der Waals surface area contributed by atoms with Gasteiger partial charge in [-0.25, -0.2) is 4.98 Å². The molecule has 0 radical (unpaired) electrons. The first-order chi connectivity index (χ1) is 8.91. The van der Waals surface area contributed by atoms with Crippen LogP contribution in [0.15, 0.2) is 24.5 Å². The highest BCUT2D eigenvalue weighted by Gasteiger charge is 2.15. The van der Waals surface area contributed by atoms with Gasteiger partial charge in [-0.15, -0.1) is 0 Å². The van der Waals surface area contributed by atoms with Crippen LogP contribution >= 0.6 is 0 Å². The molecule has 2 rings (SSSR count). The molecule has 0 amide bonds. The van der Waals surface area contributed by atoms with Crippen LogP contribution in [0.3, 0.4) is 0 Å². The topological polar surface area (TPSA) is 70.3 Å². The molecule has 0 aliphatic heterocycles. The Labute approximate surface area is 112 Å². The number of aromatic nitrogens is 2. The lowest BCUT2D eigenvalue weighted by Crippen LogP contribution is -2.23. The van der Waals surface area contributed by atoms with Gasteiger partial charge in [-0.05, 0) is 39.0 Å². The van der Waals surface area contributed by atoms with Crippen LogP contribution in [0.1, 0.15) is 20.8 Å². The molecule has 3 N–H and O–H groups in total. The summed E-state index contributed by atoms with van der Waals surface area (Å²) >= 11 is 0. The molecule has 5 nitrogen and oxygen atoms in total. The molecule has 0 saturated heterocycles. The molecule has 0 aliphatic rings. The van der Waals surface area contributed by atoms with Gasteiger partial charge in [0.15, 0.2) is 0 Å². The number of nitrogens with zero attached hydrogens (tertiary/aromatic N) is 2. The lowest BCUT2D eigenvalue weighted by Gasteiger charge is -2.21. The van der Waals surface area contributed by atoms with Gasteiger partial charge in [0.2, 0.25) is 0 Å².